The van der Waals surface area contributed by atoms with Crippen molar-refractivity contribution >= 4 is 39.1 Å². The van der Waals surface area contributed by atoms with Crippen LogP contribution in [-0.4, -0.2) is 54.7 Å². The number of amides is 1. The maximum Gasteiger partial charge on any atom is 0.409 e. The Morgan fingerprint density at radius 3 is 2.63 bits per heavy atom. The Balaban J connectivity index is 1.34. The summed E-state index contributed by atoms with van der Waals surface area (Å²) < 4.78 is 6.42. The van der Waals surface area contributed by atoms with E-state index in [2.05, 4.69) is 16.3 Å². The van der Waals surface area contributed by atoms with Crippen LogP contribution in [0.2, 0.25) is 5.02 Å². The van der Waals surface area contributed by atoms with E-state index >= 15 is 0 Å². The first-order valence-corrected chi connectivity index (χ1v) is 11.2. The van der Waals surface area contributed by atoms with E-state index in [0.717, 1.165) is 44.0 Å². The zero-order valence-electron chi connectivity index (χ0n) is 15.8. The SMILES string of the molecule is CCOC(=O)N1CCC(N2CCC(c3csc4cccc(Cl)c34)CC2)CC1. The highest BCUT2D eigenvalue weighted by molar-refractivity contribution is 7.17. The Morgan fingerprint density at radius 1 is 1.19 bits per heavy atom. The molecule has 1 aromatic heterocycles. The molecule has 0 unspecified atom stereocenters. The zero-order chi connectivity index (χ0) is 18.8. The van der Waals surface area contributed by atoms with Crippen molar-refractivity contribution in [2.75, 3.05) is 32.8 Å². The number of nitrogens with zero attached hydrogens (tertiary/aromatic N) is 2. The number of carbonyl (C=O) groups excluding carboxylic acids is 1. The average Bonchev–Trinajstić information content (AvgIpc) is 3.14. The number of halogens is 1. The van der Waals surface area contributed by atoms with Gasteiger partial charge in [0.15, 0.2) is 0 Å². The largest absolute Gasteiger partial charge is 0.450 e. The van der Waals surface area contributed by atoms with Crippen LogP contribution >= 0.6 is 22.9 Å². The highest BCUT2D eigenvalue weighted by Crippen LogP contribution is 2.40. The minimum Gasteiger partial charge on any atom is -0.450 e. The second-order valence-electron chi connectivity index (χ2n) is 7.53. The molecule has 0 aliphatic carbocycles. The van der Waals surface area contributed by atoms with Crippen LogP contribution in [0.4, 0.5) is 4.79 Å². The molecule has 3 heterocycles. The van der Waals surface area contributed by atoms with E-state index in [-0.39, 0.29) is 6.09 Å². The Hall–Kier alpha value is -1.30. The summed E-state index contributed by atoms with van der Waals surface area (Å²) in [4.78, 5) is 16.4. The predicted molar refractivity (Wildman–Crippen MR) is 112 cm³/mol. The number of thiophene rings is 1. The Kier molecular flexibility index (Phi) is 5.90. The highest BCUT2D eigenvalue weighted by atomic mass is 35.5. The molecule has 0 spiro atoms. The molecule has 146 valence electrons. The van der Waals surface area contributed by atoms with Crippen molar-refractivity contribution in [3.8, 4) is 0 Å². The van der Waals surface area contributed by atoms with Crippen molar-refractivity contribution in [3.05, 3.63) is 34.2 Å². The van der Waals surface area contributed by atoms with Crippen LogP contribution in [-0.2, 0) is 4.74 Å². The first-order valence-electron chi connectivity index (χ1n) is 9.98. The van der Waals surface area contributed by atoms with Crippen molar-refractivity contribution in [1.29, 1.82) is 0 Å². The van der Waals surface area contributed by atoms with Gasteiger partial charge in [0.05, 0.1) is 6.61 Å². The number of likely N-dealkylation sites (tertiary alicyclic amines) is 2. The fourth-order valence-corrected chi connectivity index (χ4v) is 5.98. The summed E-state index contributed by atoms with van der Waals surface area (Å²) in [6.07, 6.45) is 4.33. The molecule has 0 bridgehead atoms. The second kappa shape index (κ2) is 8.38. The van der Waals surface area contributed by atoms with Crippen molar-refractivity contribution < 1.29 is 9.53 Å². The van der Waals surface area contributed by atoms with Crippen LogP contribution in [0, 0.1) is 0 Å². The third kappa shape index (κ3) is 3.96. The minimum absolute atomic E-state index is 0.157. The standard InChI is InChI=1S/C21H27ClN2O2S/c1-2-26-21(25)24-12-8-16(9-13-24)23-10-6-15(7-11-23)17-14-27-19-5-3-4-18(22)20(17)19/h3-5,14-16H,2,6-13H2,1H3. The Labute approximate surface area is 170 Å². The number of piperidine rings is 2. The molecular weight excluding hydrogens is 380 g/mol. The fraction of sp³-hybridized carbons (Fsp3) is 0.571. The number of hydrogen-bond acceptors (Lipinski definition) is 4. The molecule has 2 aliphatic rings. The summed E-state index contributed by atoms with van der Waals surface area (Å²) >= 11 is 8.30. The number of fused-ring (bicyclic) bond motifs is 1. The van der Waals surface area contributed by atoms with Crippen LogP contribution in [0.1, 0.15) is 44.1 Å². The van der Waals surface area contributed by atoms with Gasteiger partial charge in [0.1, 0.15) is 0 Å². The molecule has 1 amide bonds. The van der Waals surface area contributed by atoms with E-state index in [9.17, 15) is 4.79 Å². The van der Waals surface area contributed by atoms with Crippen LogP contribution in [0.25, 0.3) is 10.1 Å². The number of carbonyl (C=O) groups is 1. The van der Waals surface area contributed by atoms with Crippen molar-refractivity contribution in [2.24, 2.45) is 0 Å². The van der Waals surface area contributed by atoms with Crippen LogP contribution in [0.3, 0.4) is 0 Å². The summed E-state index contributed by atoms with van der Waals surface area (Å²) in [5.74, 6) is 0.606. The molecule has 0 N–H and O–H groups in total. The third-order valence-electron chi connectivity index (χ3n) is 6.05. The van der Waals surface area contributed by atoms with E-state index in [0.29, 0.717) is 18.6 Å². The van der Waals surface area contributed by atoms with Crippen LogP contribution < -0.4 is 0 Å². The molecule has 2 saturated heterocycles. The lowest BCUT2D eigenvalue weighted by atomic mass is 9.88. The normalized spacial score (nSPS) is 20.3. The molecule has 4 nitrogen and oxygen atoms in total. The lowest BCUT2D eigenvalue weighted by Crippen LogP contribution is -2.48. The van der Waals surface area contributed by atoms with Gasteiger partial charge in [-0.15, -0.1) is 11.3 Å². The predicted octanol–water partition coefficient (Wildman–Crippen LogP) is 5.36. The van der Waals surface area contributed by atoms with Crippen molar-refractivity contribution in [2.45, 2.75) is 44.6 Å². The van der Waals surface area contributed by atoms with Crippen molar-refractivity contribution in [1.82, 2.24) is 9.80 Å². The Bertz CT molecular complexity index is 793. The molecule has 0 radical (unpaired) electrons. The van der Waals surface area contributed by atoms with Gasteiger partial charge in [-0.1, -0.05) is 17.7 Å². The van der Waals surface area contributed by atoms with Gasteiger partial charge < -0.3 is 14.5 Å². The van der Waals surface area contributed by atoms with Crippen LogP contribution in [0.5, 0.6) is 0 Å². The number of ether oxygens (including phenoxy) is 1. The second-order valence-corrected chi connectivity index (χ2v) is 8.85. The quantitative estimate of drug-likeness (QED) is 0.688. The van der Waals surface area contributed by atoms with Gasteiger partial charge in [-0.3, -0.25) is 0 Å². The van der Waals surface area contributed by atoms with Gasteiger partial charge in [-0.2, -0.15) is 0 Å². The number of benzene rings is 1. The maximum absolute atomic E-state index is 11.9. The summed E-state index contributed by atoms with van der Waals surface area (Å²) in [5.41, 5.74) is 1.44. The molecule has 2 fully saturated rings. The van der Waals surface area contributed by atoms with Gasteiger partial charge in [0.2, 0.25) is 0 Å². The maximum atomic E-state index is 11.9. The lowest BCUT2D eigenvalue weighted by Gasteiger charge is -2.41. The molecule has 1 aromatic carbocycles. The number of rotatable bonds is 3. The molecule has 0 atom stereocenters. The van der Waals surface area contributed by atoms with Gasteiger partial charge in [0, 0.05) is 34.2 Å². The molecule has 0 saturated carbocycles. The van der Waals surface area contributed by atoms with Crippen LogP contribution in [0.15, 0.2) is 23.6 Å². The Morgan fingerprint density at radius 2 is 1.93 bits per heavy atom. The monoisotopic (exact) mass is 406 g/mol. The van der Waals surface area contributed by atoms with Gasteiger partial charge in [-0.25, -0.2) is 4.79 Å². The summed E-state index contributed by atoms with van der Waals surface area (Å²) in [7, 11) is 0. The van der Waals surface area contributed by atoms with Gasteiger partial charge in [-0.05, 0) is 74.7 Å². The molecular formula is C21H27ClN2O2S. The molecule has 6 heteroatoms. The van der Waals surface area contributed by atoms with E-state index in [1.165, 1.54) is 28.5 Å². The van der Waals surface area contributed by atoms with E-state index < -0.39 is 0 Å². The summed E-state index contributed by atoms with van der Waals surface area (Å²) in [6.45, 7) is 6.21. The number of hydrogen-bond donors (Lipinski definition) is 0. The van der Waals surface area contributed by atoms with E-state index in [1.54, 1.807) is 0 Å². The average molecular weight is 407 g/mol. The topological polar surface area (TPSA) is 32.8 Å². The minimum atomic E-state index is -0.157. The molecule has 27 heavy (non-hydrogen) atoms. The highest BCUT2D eigenvalue weighted by Gasteiger charge is 2.31. The third-order valence-corrected chi connectivity index (χ3v) is 7.33. The fourth-order valence-electron chi connectivity index (χ4n) is 4.57. The van der Waals surface area contributed by atoms with E-state index in [1.807, 2.05) is 35.3 Å². The first kappa shape index (κ1) is 19.0. The van der Waals surface area contributed by atoms with Gasteiger partial charge >= 0.3 is 6.09 Å². The smallest absolute Gasteiger partial charge is 0.409 e. The van der Waals surface area contributed by atoms with Gasteiger partial charge in [0.25, 0.3) is 0 Å². The summed E-state index contributed by atoms with van der Waals surface area (Å²) in [5, 5.41) is 4.47. The van der Waals surface area contributed by atoms with E-state index in [4.69, 9.17) is 16.3 Å². The zero-order valence-corrected chi connectivity index (χ0v) is 17.4. The molecule has 4 rings (SSSR count). The molecule has 2 aromatic rings. The first-order chi connectivity index (χ1) is 13.2. The lowest BCUT2D eigenvalue weighted by molar-refractivity contribution is 0.0664. The molecule has 2 aliphatic heterocycles. The summed E-state index contributed by atoms with van der Waals surface area (Å²) in [6, 6.07) is 6.81. The van der Waals surface area contributed by atoms with Crippen molar-refractivity contribution in [3.63, 3.8) is 0 Å².